The smallest absolute Gasteiger partial charge is 0.253 e. The van der Waals surface area contributed by atoms with Crippen molar-refractivity contribution in [2.24, 2.45) is 0 Å². The van der Waals surface area contributed by atoms with Crippen molar-refractivity contribution in [1.29, 1.82) is 0 Å². The fourth-order valence-electron chi connectivity index (χ4n) is 2.23. The number of carbonyl (C=O) groups is 2. The van der Waals surface area contributed by atoms with Crippen LogP contribution in [0.15, 0.2) is 24.3 Å². The van der Waals surface area contributed by atoms with Gasteiger partial charge in [-0.25, -0.2) is 0 Å². The third-order valence-electron chi connectivity index (χ3n) is 3.45. The molecule has 2 N–H and O–H groups in total. The Kier molecular flexibility index (Phi) is 6.36. The highest BCUT2D eigenvalue weighted by Gasteiger charge is 2.23. The molecule has 0 saturated carbocycles. The van der Waals surface area contributed by atoms with Crippen LogP contribution in [0.5, 0.6) is 0 Å². The highest BCUT2D eigenvalue weighted by atomic mass is 16.5. The Morgan fingerprint density at radius 2 is 2.09 bits per heavy atom. The summed E-state index contributed by atoms with van der Waals surface area (Å²) in [4.78, 5) is 23.8. The molecule has 1 aromatic rings. The molecule has 6 heteroatoms. The van der Waals surface area contributed by atoms with Crippen molar-refractivity contribution >= 4 is 17.5 Å². The van der Waals surface area contributed by atoms with Gasteiger partial charge in [-0.2, -0.15) is 0 Å². The number of hydrogen-bond donors (Lipinski definition) is 2. The summed E-state index contributed by atoms with van der Waals surface area (Å²) >= 11 is 0. The van der Waals surface area contributed by atoms with Gasteiger partial charge in [0.2, 0.25) is 0 Å². The minimum absolute atomic E-state index is 0.130. The van der Waals surface area contributed by atoms with E-state index in [1.807, 2.05) is 0 Å². The number of methoxy groups -OCH3 is 1. The first kappa shape index (κ1) is 16.5. The van der Waals surface area contributed by atoms with Gasteiger partial charge in [-0.15, -0.1) is 0 Å². The second kappa shape index (κ2) is 8.51. The molecule has 0 bridgehead atoms. The first-order valence-corrected chi connectivity index (χ1v) is 7.50. The van der Waals surface area contributed by atoms with Crippen molar-refractivity contribution in [2.75, 3.05) is 32.2 Å². The average molecular weight is 306 g/mol. The molecule has 1 aromatic carbocycles. The summed E-state index contributed by atoms with van der Waals surface area (Å²) in [5, 5.41) is 5.61. The first-order valence-electron chi connectivity index (χ1n) is 7.50. The van der Waals surface area contributed by atoms with Gasteiger partial charge in [-0.05, 0) is 43.5 Å². The van der Waals surface area contributed by atoms with Gasteiger partial charge < -0.3 is 20.1 Å². The number of hydrogen-bond acceptors (Lipinski definition) is 4. The predicted octanol–water partition coefficient (Wildman–Crippen LogP) is 1.57. The van der Waals surface area contributed by atoms with Crippen molar-refractivity contribution in [1.82, 2.24) is 5.32 Å². The van der Waals surface area contributed by atoms with E-state index in [2.05, 4.69) is 10.6 Å². The van der Waals surface area contributed by atoms with Crippen molar-refractivity contribution < 1.29 is 19.1 Å². The molecular formula is C16H22N2O4. The van der Waals surface area contributed by atoms with Crippen LogP contribution in [0.4, 0.5) is 5.69 Å². The highest BCUT2D eigenvalue weighted by molar-refractivity contribution is 5.96. The number of benzene rings is 1. The second-order valence-electron chi connectivity index (χ2n) is 5.17. The van der Waals surface area contributed by atoms with Crippen molar-refractivity contribution in [3.05, 3.63) is 29.8 Å². The normalized spacial score (nSPS) is 17.2. The maximum atomic E-state index is 11.9. The Hall–Kier alpha value is -1.92. The molecular weight excluding hydrogens is 284 g/mol. The molecule has 1 atom stereocenters. The topological polar surface area (TPSA) is 76.7 Å². The Morgan fingerprint density at radius 1 is 1.32 bits per heavy atom. The molecule has 0 aromatic heterocycles. The molecule has 1 heterocycles. The van der Waals surface area contributed by atoms with Gasteiger partial charge in [0.1, 0.15) is 6.10 Å². The van der Waals surface area contributed by atoms with Crippen LogP contribution in [0.25, 0.3) is 0 Å². The number of carbonyl (C=O) groups excluding carboxylic acids is 2. The third kappa shape index (κ3) is 4.82. The molecule has 22 heavy (non-hydrogen) atoms. The molecule has 1 aliphatic rings. The summed E-state index contributed by atoms with van der Waals surface area (Å²) in [5.74, 6) is -0.262. The lowest BCUT2D eigenvalue weighted by Crippen LogP contribution is -2.27. The van der Waals surface area contributed by atoms with Gasteiger partial charge in [0.25, 0.3) is 11.8 Å². The van der Waals surface area contributed by atoms with Gasteiger partial charge in [-0.3, -0.25) is 9.59 Å². The molecule has 6 nitrogen and oxygen atoms in total. The Labute approximate surface area is 130 Å². The van der Waals surface area contributed by atoms with E-state index >= 15 is 0 Å². The van der Waals surface area contributed by atoms with Crippen LogP contribution >= 0.6 is 0 Å². The lowest BCUT2D eigenvalue weighted by Gasteiger charge is -2.11. The fourth-order valence-corrected chi connectivity index (χ4v) is 2.23. The standard InChI is InChI=1S/C16H22N2O4/c1-21-10-3-9-17-15(19)12-5-7-13(8-6-12)18-16(20)14-4-2-11-22-14/h5-8,14H,2-4,9-11H2,1H3,(H,17,19)(H,18,20)/t14-/m0/s1. The molecule has 1 aliphatic heterocycles. The number of anilines is 1. The zero-order valence-electron chi connectivity index (χ0n) is 12.8. The first-order chi connectivity index (χ1) is 10.7. The molecule has 0 unspecified atom stereocenters. The largest absolute Gasteiger partial charge is 0.385 e. The number of rotatable bonds is 7. The van der Waals surface area contributed by atoms with Crippen LogP contribution in [0.3, 0.4) is 0 Å². The lowest BCUT2D eigenvalue weighted by molar-refractivity contribution is -0.124. The van der Waals surface area contributed by atoms with Gasteiger partial charge in [0.05, 0.1) is 0 Å². The van der Waals surface area contributed by atoms with E-state index < -0.39 is 0 Å². The zero-order chi connectivity index (χ0) is 15.8. The minimum atomic E-state index is -0.358. The Balaban J connectivity index is 1.81. The van der Waals surface area contributed by atoms with Gasteiger partial charge in [0.15, 0.2) is 0 Å². The van der Waals surface area contributed by atoms with E-state index in [-0.39, 0.29) is 17.9 Å². The van der Waals surface area contributed by atoms with Gasteiger partial charge in [0, 0.05) is 38.1 Å². The molecule has 1 fully saturated rings. The monoisotopic (exact) mass is 306 g/mol. The van der Waals surface area contributed by atoms with E-state index in [9.17, 15) is 9.59 Å². The van der Waals surface area contributed by atoms with E-state index in [0.29, 0.717) is 31.0 Å². The Morgan fingerprint density at radius 3 is 2.73 bits per heavy atom. The third-order valence-corrected chi connectivity index (χ3v) is 3.45. The number of nitrogens with one attached hydrogen (secondary N) is 2. The fraction of sp³-hybridized carbons (Fsp3) is 0.500. The summed E-state index contributed by atoms with van der Waals surface area (Å²) in [6, 6.07) is 6.82. The summed E-state index contributed by atoms with van der Waals surface area (Å²) in [6.07, 6.45) is 2.09. The van der Waals surface area contributed by atoms with Crippen LogP contribution in [0.1, 0.15) is 29.6 Å². The van der Waals surface area contributed by atoms with Crippen LogP contribution in [-0.4, -0.2) is 44.8 Å². The second-order valence-corrected chi connectivity index (χ2v) is 5.17. The summed E-state index contributed by atoms with van der Waals surface area (Å²) < 4.78 is 10.2. The number of amides is 2. The average Bonchev–Trinajstić information content (AvgIpc) is 3.06. The van der Waals surface area contributed by atoms with Gasteiger partial charge in [-0.1, -0.05) is 0 Å². The van der Waals surface area contributed by atoms with E-state index in [4.69, 9.17) is 9.47 Å². The zero-order valence-corrected chi connectivity index (χ0v) is 12.8. The van der Waals surface area contributed by atoms with Crippen molar-refractivity contribution in [3.8, 4) is 0 Å². The van der Waals surface area contributed by atoms with Crippen LogP contribution in [0, 0.1) is 0 Å². The molecule has 120 valence electrons. The molecule has 0 radical (unpaired) electrons. The SMILES string of the molecule is COCCCNC(=O)c1ccc(NC(=O)[C@@H]2CCCO2)cc1. The Bertz CT molecular complexity index is 495. The molecule has 2 rings (SSSR count). The maximum absolute atomic E-state index is 11.9. The molecule has 2 amide bonds. The van der Waals surface area contributed by atoms with Crippen molar-refractivity contribution in [3.63, 3.8) is 0 Å². The molecule has 1 saturated heterocycles. The van der Waals surface area contributed by atoms with E-state index in [1.54, 1.807) is 31.4 Å². The number of ether oxygens (including phenoxy) is 2. The molecule has 0 aliphatic carbocycles. The van der Waals surface area contributed by atoms with Crippen LogP contribution in [0.2, 0.25) is 0 Å². The van der Waals surface area contributed by atoms with Crippen LogP contribution < -0.4 is 10.6 Å². The summed E-state index contributed by atoms with van der Waals surface area (Å²) in [6.45, 7) is 1.83. The quantitative estimate of drug-likeness (QED) is 0.750. The van der Waals surface area contributed by atoms with E-state index in [0.717, 1.165) is 19.3 Å². The highest BCUT2D eigenvalue weighted by Crippen LogP contribution is 2.15. The maximum Gasteiger partial charge on any atom is 0.253 e. The lowest BCUT2D eigenvalue weighted by atomic mass is 10.1. The minimum Gasteiger partial charge on any atom is -0.385 e. The van der Waals surface area contributed by atoms with Crippen LogP contribution in [-0.2, 0) is 14.3 Å². The summed E-state index contributed by atoms with van der Waals surface area (Å²) in [5.41, 5.74) is 1.23. The molecule has 0 spiro atoms. The summed E-state index contributed by atoms with van der Waals surface area (Å²) in [7, 11) is 1.63. The van der Waals surface area contributed by atoms with E-state index in [1.165, 1.54) is 0 Å². The van der Waals surface area contributed by atoms with Gasteiger partial charge >= 0.3 is 0 Å². The van der Waals surface area contributed by atoms with Crippen molar-refractivity contribution in [2.45, 2.75) is 25.4 Å². The predicted molar refractivity (Wildman–Crippen MR) is 82.9 cm³/mol.